The minimum absolute atomic E-state index is 0.167. The molecule has 0 spiro atoms. The van der Waals surface area contributed by atoms with Crippen molar-refractivity contribution >= 4 is 10.0 Å². The predicted octanol–water partition coefficient (Wildman–Crippen LogP) is 1.34. The average molecular weight is 288 g/mol. The zero-order valence-electron chi connectivity index (χ0n) is 10.5. The fraction of sp³-hybridized carbons (Fsp3) is 1.00. The molecule has 0 aromatic carbocycles. The van der Waals surface area contributed by atoms with Crippen molar-refractivity contribution in [3.63, 3.8) is 0 Å². The second-order valence-corrected chi connectivity index (χ2v) is 6.86. The van der Waals surface area contributed by atoms with Crippen LogP contribution in [0.3, 0.4) is 0 Å². The minimum Gasteiger partial charge on any atom is -0.316 e. The van der Waals surface area contributed by atoms with Gasteiger partial charge < -0.3 is 5.32 Å². The van der Waals surface area contributed by atoms with E-state index >= 15 is 0 Å². The van der Waals surface area contributed by atoms with Crippen LogP contribution < -0.4 is 5.32 Å². The standard InChI is InChI=1S/C10H19F3N2O2S/c1-3-14-6-8(2)18(16,17)15(9-4-5-9)7-10(11,12)13/h8-9,14H,3-7H2,1-2H3. The minimum atomic E-state index is -4.49. The molecule has 108 valence electrons. The lowest BCUT2D eigenvalue weighted by atomic mass is 10.5. The van der Waals surface area contributed by atoms with Gasteiger partial charge in [-0.15, -0.1) is 0 Å². The monoisotopic (exact) mass is 288 g/mol. The Morgan fingerprint density at radius 1 is 1.39 bits per heavy atom. The first-order chi connectivity index (χ1) is 8.18. The summed E-state index contributed by atoms with van der Waals surface area (Å²) in [6.45, 7) is 2.62. The van der Waals surface area contributed by atoms with E-state index in [0.717, 1.165) is 0 Å². The number of nitrogens with one attached hydrogen (secondary N) is 1. The van der Waals surface area contributed by atoms with Gasteiger partial charge in [-0.3, -0.25) is 0 Å². The molecule has 0 aromatic heterocycles. The number of hydrogen-bond acceptors (Lipinski definition) is 3. The van der Waals surface area contributed by atoms with Crippen molar-refractivity contribution in [2.45, 2.75) is 44.2 Å². The van der Waals surface area contributed by atoms with E-state index in [1.807, 2.05) is 6.92 Å². The summed E-state index contributed by atoms with van der Waals surface area (Å²) in [7, 11) is -3.89. The summed E-state index contributed by atoms with van der Waals surface area (Å²) in [4.78, 5) is 0. The Morgan fingerprint density at radius 3 is 2.33 bits per heavy atom. The number of rotatable bonds is 7. The highest BCUT2D eigenvalue weighted by molar-refractivity contribution is 7.89. The fourth-order valence-electron chi connectivity index (χ4n) is 1.65. The Bertz CT molecular complexity index is 366. The SMILES string of the molecule is CCNCC(C)S(=O)(=O)N(CC(F)(F)F)C1CC1. The van der Waals surface area contributed by atoms with Crippen LogP contribution in [0.2, 0.25) is 0 Å². The summed E-state index contributed by atoms with van der Waals surface area (Å²) in [6, 6.07) is -0.472. The van der Waals surface area contributed by atoms with Crippen LogP contribution >= 0.6 is 0 Å². The van der Waals surface area contributed by atoms with Crippen molar-refractivity contribution in [1.29, 1.82) is 0 Å². The van der Waals surface area contributed by atoms with Crippen LogP contribution in [0.15, 0.2) is 0 Å². The van der Waals surface area contributed by atoms with E-state index in [1.54, 1.807) is 0 Å². The van der Waals surface area contributed by atoms with Gasteiger partial charge in [-0.1, -0.05) is 6.92 Å². The zero-order valence-corrected chi connectivity index (χ0v) is 11.3. The molecule has 0 saturated heterocycles. The predicted molar refractivity (Wildman–Crippen MR) is 62.7 cm³/mol. The maximum absolute atomic E-state index is 12.4. The molecule has 0 aromatic rings. The number of hydrogen-bond donors (Lipinski definition) is 1. The third kappa shape index (κ3) is 4.40. The first-order valence-electron chi connectivity index (χ1n) is 5.96. The molecule has 1 unspecified atom stereocenters. The van der Waals surface area contributed by atoms with Crippen LogP contribution in [0.4, 0.5) is 13.2 Å². The highest BCUT2D eigenvalue weighted by Crippen LogP contribution is 2.33. The third-order valence-corrected chi connectivity index (χ3v) is 5.07. The normalized spacial score (nSPS) is 19.2. The lowest BCUT2D eigenvalue weighted by molar-refractivity contribution is -0.137. The topological polar surface area (TPSA) is 49.4 Å². The second kappa shape index (κ2) is 5.75. The zero-order chi connectivity index (χ0) is 14.0. The van der Waals surface area contributed by atoms with E-state index in [9.17, 15) is 21.6 Å². The Kier molecular flexibility index (Phi) is 5.02. The number of nitrogens with zero attached hydrogens (tertiary/aromatic N) is 1. The number of alkyl halides is 3. The molecule has 0 amide bonds. The van der Waals surface area contributed by atoms with Crippen LogP contribution in [0.25, 0.3) is 0 Å². The molecule has 0 radical (unpaired) electrons. The molecule has 1 rings (SSSR count). The van der Waals surface area contributed by atoms with Gasteiger partial charge in [0.05, 0.1) is 5.25 Å². The van der Waals surface area contributed by atoms with Crippen molar-refractivity contribution in [3.8, 4) is 0 Å². The van der Waals surface area contributed by atoms with Gasteiger partial charge in [0.25, 0.3) is 0 Å². The maximum atomic E-state index is 12.4. The Hall–Kier alpha value is -0.340. The average Bonchev–Trinajstić information content (AvgIpc) is 3.04. The van der Waals surface area contributed by atoms with Gasteiger partial charge in [0.1, 0.15) is 6.54 Å². The maximum Gasteiger partial charge on any atom is 0.402 e. The molecular weight excluding hydrogens is 269 g/mol. The fourth-order valence-corrected chi connectivity index (χ4v) is 3.39. The van der Waals surface area contributed by atoms with Gasteiger partial charge in [-0.2, -0.15) is 17.5 Å². The van der Waals surface area contributed by atoms with Gasteiger partial charge in [0.2, 0.25) is 10.0 Å². The van der Waals surface area contributed by atoms with Crippen molar-refractivity contribution in [2.75, 3.05) is 19.6 Å². The first-order valence-corrected chi connectivity index (χ1v) is 7.47. The van der Waals surface area contributed by atoms with Crippen LogP contribution in [0.5, 0.6) is 0 Å². The number of halogens is 3. The molecule has 18 heavy (non-hydrogen) atoms. The molecule has 1 N–H and O–H groups in total. The van der Waals surface area contributed by atoms with E-state index in [-0.39, 0.29) is 6.54 Å². The van der Waals surface area contributed by atoms with Crippen molar-refractivity contribution in [2.24, 2.45) is 0 Å². The van der Waals surface area contributed by atoms with Crippen LogP contribution in [-0.4, -0.2) is 49.8 Å². The molecule has 1 aliphatic carbocycles. The first kappa shape index (κ1) is 15.7. The summed E-state index contributed by atoms with van der Waals surface area (Å²) < 4.78 is 62.0. The molecule has 8 heteroatoms. The highest BCUT2D eigenvalue weighted by Gasteiger charge is 2.45. The van der Waals surface area contributed by atoms with Crippen LogP contribution in [0, 0.1) is 0 Å². The highest BCUT2D eigenvalue weighted by atomic mass is 32.2. The molecule has 1 fully saturated rings. The Labute approximate surface area is 106 Å². The molecule has 1 atom stereocenters. The van der Waals surface area contributed by atoms with Crippen molar-refractivity contribution in [1.82, 2.24) is 9.62 Å². The van der Waals surface area contributed by atoms with Crippen molar-refractivity contribution < 1.29 is 21.6 Å². The third-order valence-electron chi connectivity index (χ3n) is 2.81. The molecule has 0 bridgehead atoms. The van der Waals surface area contributed by atoms with E-state index in [4.69, 9.17) is 0 Å². The summed E-state index contributed by atoms with van der Waals surface area (Å²) in [5, 5.41) is 2.00. The van der Waals surface area contributed by atoms with E-state index in [1.165, 1.54) is 6.92 Å². The van der Waals surface area contributed by atoms with Gasteiger partial charge >= 0.3 is 6.18 Å². The number of sulfonamides is 1. The molecule has 0 aliphatic heterocycles. The molecule has 1 saturated carbocycles. The van der Waals surface area contributed by atoms with Crippen LogP contribution in [0.1, 0.15) is 26.7 Å². The summed E-state index contributed by atoms with van der Waals surface area (Å²) in [6.07, 6.45) is -3.46. The van der Waals surface area contributed by atoms with Crippen LogP contribution in [-0.2, 0) is 10.0 Å². The summed E-state index contributed by atoms with van der Waals surface area (Å²) >= 11 is 0. The molecule has 4 nitrogen and oxygen atoms in total. The van der Waals surface area contributed by atoms with Gasteiger partial charge in [0, 0.05) is 12.6 Å². The quantitative estimate of drug-likeness (QED) is 0.769. The summed E-state index contributed by atoms with van der Waals surface area (Å²) in [5.41, 5.74) is 0. The molecule has 0 heterocycles. The smallest absolute Gasteiger partial charge is 0.316 e. The van der Waals surface area contributed by atoms with E-state index in [0.29, 0.717) is 23.7 Å². The Morgan fingerprint density at radius 2 is 1.94 bits per heavy atom. The van der Waals surface area contributed by atoms with E-state index in [2.05, 4.69) is 5.32 Å². The van der Waals surface area contributed by atoms with Gasteiger partial charge in [-0.25, -0.2) is 8.42 Å². The molecule has 1 aliphatic rings. The summed E-state index contributed by atoms with van der Waals surface area (Å²) in [5.74, 6) is 0. The Balaban J connectivity index is 2.77. The lowest BCUT2D eigenvalue weighted by Crippen LogP contribution is -2.46. The lowest BCUT2D eigenvalue weighted by Gasteiger charge is -2.26. The van der Waals surface area contributed by atoms with E-state index < -0.39 is 34.0 Å². The molecular formula is C10H19F3N2O2S. The van der Waals surface area contributed by atoms with Gasteiger partial charge in [-0.05, 0) is 26.3 Å². The largest absolute Gasteiger partial charge is 0.402 e. The second-order valence-electron chi connectivity index (χ2n) is 4.55. The van der Waals surface area contributed by atoms with Gasteiger partial charge in [0.15, 0.2) is 0 Å². The van der Waals surface area contributed by atoms with Crippen molar-refractivity contribution in [3.05, 3.63) is 0 Å².